The molecule has 6 aromatic rings. The van der Waals surface area contributed by atoms with E-state index in [0.29, 0.717) is 39.4 Å². The topological polar surface area (TPSA) is 104 Å². The van der Waals surface area contributed by atoms with Crippen LogP contribution in [0.5, 0.6) is 0 Å². The Bertz CT molecular complexity index is 1970. The predicted octanol–water partition coefficient (Wildman–Crippen LogP) is 7.26. The highest BCUT2D eigenvalue weighted by molar-refractivity contribution is 6.35. The minimum atomic E-state index is -0.418. The normalized spacial score (nSPS) is 10.9. The molecule has 0 bridgehead atoms. The summed E-state index contributed by atoms with van der Waals surface area (Å²) in [6, 6.07) is 31.9. The number of anilines is 1. The van der Waals surface area contributed by atoms with Gasteiger partial charge in [-0.2, -0.15) is 0 Å². The SMILES string of the molecule is COC(=O)c1ccc(-c2nc(-c3ccccc3)c(-c3ccccc3)n2Cc2cn(CC(=O)Nc3cc(Cl)ccc3Cl)nn2)cc1. The fourth-order valence-corrected chi connectivity index (χ4v) is 5.30. The maximum atomic E-state index is 12.8. The molecule has 2 heterocycles. The molecule has 2 aromatic heterocycles. The summed E-state index contributed by atoms with van der Waals surface area (Å²) in [5.41, 5.74) is 5.85. The lowest BCUT2D eigenvalue weighted by atomic mass is 10.0. The molecule has 4 aromatic carbocycles. The van der Waals surface area contributed by atoms with Crippen molar-refractivity contribution in [2.24, 2.45) is 0 Å². The zero-order valence-electron chi connectivity index (χ0n) is 24.0. The number of hydrogen-bond acceptors (Lipinski definition) is 6. The maximum absolute atomic E-state index is 12.8. The lowest BCUT2D eigenvalue weighted by molar-refractivity contribution is -0.116. The van der Waals surface area contributed by atoms with Crippen LogP contribution in [0.1, 0.15) is 16.1 Å². The molecule has 0 aliphatic heterocycles. The summed E-state index contributed by atoms with van der Waals surface area (Å²) in [4.78, 5) is 30.0. The van der Waals surface area contributed by atoms with E-state index in [0.717, 1.165) is 28.1 Å². The van der Waals surface area contributed by atoms with E-state index in [2.05, 4.69) is 20.2 Å². The van der Waals surface area contributed by atoms with Crippen molar-refractivity contribution in [2.75, 3.05) is 12.4 Å². The number of nitrogens with one attached hydrogen (secondary N) is 1. The molecule has 0 aliphatic carbocycles. The summed E-state index contributed by atoms with van der Waals surface area (Å²) in [6.07, 6.45) is 1.72. The highest BCUT2D eigenvalue weighted by atomic mass is 35.5. The monoisotopic (exact) mass is 636 g/mol. The van der Waals surface area contributed by atoms with E-state index < -0.39 is 5.97 Å². The van der Waals surface area contributed by atoms with Crippen LogP contribution in [0.15, 0.2) is 109 Å². The Morgan fingerprint density at radius 1 is 0.844 bits per heavy atom. The Labute approximate surface area is 269 Å². The van der Waals surface area contributed by atoms with Crippen LogP contribution in [0.2, 0.25) is 10.0 Å². The lowest BCUT2D eigenvalue weighted by Gasteiger charge is -2.12. The van der Waals surface area contributed by atoms with Crippen LogP contribution in [0, 0.1) is 0 Å². The van der Waals surface area contributed by atoms with Crippen molar-refractivity contribution in [2.45, 2.75) is 13.1 Å². The van der Waals surface area contributed by atoms with Crippen LogP contribution in [0.25, 0.3) is 33.9 Å². The van der Waals surface area contributed by atoms with Crippen molar-refractivity contribution < 1.29 is 14.3 Å². The number of amides is 1. The average Bonchev–Trinajstić information content (AvgIpc) is 3.67. The second-order valence-corrected chi connectivity index (χ2v) is 10.9. The van der Waals surface area contributed by atoms with Crippen molar-refractivity contribution in [3.63, 3.8) is 0 Å². The third-order valence-electron chi connectivity index (χ3n) is 7.04. The predicted molar refractivity (Wildman–Crippen MR) is 174 cm³/mol. The number of aromatic nitrogens is 5. The van der Waals surface area contributed by atoms with Crippen molar-refractivity contribution in [3.05, 3.63) is 131 Å². The number of carbonyl (C=O) groups is 2. The highest BCUT2D eigenvalue weighted by Crippen LogP contribution is 2.37. The van der Waals surface area contributed by atoms with Crippen LogP contribution in [-0.2, 0) is 22.6 Å². The molecule has 11 heteroatoms. The molecule has 6 rings (SSSR count). The number of carbonyl (C=O) groups excluding carboxylic acids is 2. The molecule has 0 radical (unpaired) electrons. The van der Waals surface area contributed by atoms with Gasteiger partial charge < -0.3 is 14.6 Å². The van der Waals surface area contributed by atoms with Gasteiger partial charge in [-0.1, -0.05) is 101 Å². The first-order valence-electron chi connectivity index (χ1n) is 13.9. The molecule has 9 nitrogen and oxygen atoms in total. The summed E-state index contributed by atoms with van der Waals surface area (Å²) in [7, 11) is 1.35. The summed E-state index contributed by atoms with van der Waals surface area (Å²) < 4.78 is 8.42. The Morgan fingerprint density at radius 2 is 1.53 bits per heavy atom. The van der Waals surface area contributed by atoms with Crippen LogP contribution in [-0.4, -0.2) is 43.5 Å². The van der Waals surface area contributed by atoms with Crippen molar-refractivity contribution in [1.29, 1.82) is 0 Å². The zero-order chi connectivity index (χ0) is 31.3. The summed E-state index contributed by atoms with van der Waals surface area (Å²) >= 11 is 12.3. The molecule has 0 aliphatic rings. The second-order valence-electron chi connectivity index (χ2n) is 10.1. The van der Waals surface area contributed by atoms with Gasteiger partial charge in [0.1, 0.15) is 18.1 Å². The van der Waals surface area contributed by atoms with E-state index >= 15 is 0 Å². The Morgan fingerprint density at radius 3 is 2.22 bits per heavy atom. The molecule has 0 fully saturated rings. The first-order valence-corrected chi connectivity index (χ1v) is 14.7. The largest absolute Gasteiger partial charge is 0.465 e. The van der Waals surface area contributed by atoms with E-state index in [9.17, 15) is 9.59 Å². The number of esters is 1. The molecular formula is C34H26Cl2N6O3. The van der Waals surface area contributed by atoms with Gasteiger partial charge in [-0.15, -0.1) is 5.10 Å². The molecule has 0 saturated carbocycles. The van der Waals surface area contributed by atoms with Crippen molar-refractivity contribution in [1.82, 2.24) is 24.5 Å². The van der Waals surface area contributed by atoms with E-state index in [1.165, 1.54) is 11.8 Å². The lowest BCUT2D eigenvalue weighted by Crippen LogP contribution is -2.19. The minimum absolute atomic E-state index is 0.0809. The van der Waals surface area contributed by atoms with Gasteiger partial charge in [0, 0.05) is 21.7 Å². The van der Waals surface area contributed by atoms with E-state index in [1.807, 2.05) is 72.8 Å². The molecule has 45 heavy (non-hydrogen) atoms. The van der Waals surface area contributed by atoms with Gasteiger partial charge in [-0.25, -0.2) is 14.5 Å². The molecule has 1 amide bonds. The highest BCUT2D eigenvalue weighted by Gasteiger charge is 2.23. The zero-order valence-corrected chi connectivity index (χ0v) is 25.5. The number of nitrogens with zero attached hydrogens (tertiary/aromatic N) is 5. The Balaban J connectivity index is 1.38. The molecule has 0 atom stereocenters. The van der Waals surface area contributed by atoms with E-state index in [1.54, 1.807) is 36.5 Å². The molecule has 0 saturated heterocycles. The average molecular weight is 638 g/mol. The minimum Gasteiger partial charge on any atom is -0.465 e. The van der Waals surface area contributed by atoms with Crippen molar-refractivity contribution >= 4 is 40.8 Å². The number of methoxy groups -OCH3 is 1. The molecule has 1 N–H and O–H groups in total. The Kier molecular flexibility index (Phi) is 8.72. The van der Waals surface area contributed by atoms with Gasteiger partial charge in [-0.3, -0.25) is 4.79 Å². The van der Waals surface area contributed by atoms with Crippen LogP contribution in [0.3, 0.4) is 0 Å². The van der Waals surface area contributed by atoms with E-state index in [4.69, 9.17) is 32.9 Å². The van der Waals surface area contributed by atoms with Crippen LogP contribution >= 0.6 is 23.2 Å². The molecule has 0 unspecified atom stereocenters. The first-order chi connectivity index (χ1) is 21.9. The number of halogens is 2. The first kappa shape index (κ1) is 29.8. The summed E-state index contributed by atoms with van der Waals surface area (Å²) in [5, 5.41) is 12.2. The third-order valence-corrected chi connectivity index (χ3v) is 7.61. The van der Waals surface area contributed by atoms with Crippen LogP contribution in [0.4, 0.5) is 5.69 Å². The number of ether oxygens (including phenoxy) is 1. The van der Waals surface area contributed by atoms with Gasteiger partial charge >= 0.3 is 5.97 Å². The number of hydrogen-bond donors (Lipinski definition) is 1. The molecule has 0 spiro atoms. The fraction of sp³-hybridized carbons (Fsp3) is 0.0882. The van der Waals surface area contributed by atoms with Crippen LogP contribution < -0.4 is 5.32 Å². The van der Waals surface area contributed by atoms with Gasteiger partial charge in [0.15, 0.2) is 0 Å². The fourth-order valence-electron chi connectivity index (χ4n) is 4.97. The van der Waals surface area contributed by atoms with E-state index in [-0.39, 0.29) is 12.5 Å². The third kappa shape index (κ3) is 6.64. The van der Waals surface area contributed by atoms with Crippen molar-refractivity contribution in [3.8, 4) is 33.9 Å². The van der Waals surface area contributed by atoms with Gasteiger partial charge in [0.25, 0.3) is 0 Å². The number of imidazole rings is 1. The summed E-state index contributed by atoms with van der Waals surface area (Å²) in [5.74, 6) is -0.0777. The molecule has 224 valence electrons. The summed E-state index contributed by atoms with van der Waals surface area (Å²) in [6.45, 7) is 0.225. The second kappa shape index (κ2) is 13.2. The van der Waals surface area contributed by atoms with Gasteiger partial charge in [0.2, 0.25) is 5.91 Å². The Hall–Kier alpha value is -5.25. The van der Waals surface area contributed by atoms with Gasteiger partial charge in [0.05, 0.1) is 47.5 Å². The maximum Gasteiger partial charge on any atom is 0.337 e. The molecular weight excluding hydrogens is 611 g/mol. The smallest absolute Gasteiger partial charge is 0.337 e. The van der Waals surface area contributed by atoms with Gasteiger partial charge in [-0.05, 0) is 30.3 Å². The standard InChI is InChI=1S/C34H26Cl2N6O3/c1-45-34(44)25-14-12-24(13-15-25)33-38-31(22-8-4-2-5-9-22)32(23-10-6-3-7-11-23)42(33)20-27-19-41(40-39-27)21-30(43)37-29-18-26(35)16-17-28(29)36/h2-19H,20-21H2,1H3,(H,37,43). The number of benzene rings is 4. The number of rotatable bonds is 9. The quantitative estimate of drug-likeness (QED) is 0.168.